The first-order chi connectivity index (χ1) is 21.7. The number of aliphatic hydroxyl groups is 1. The van der Waals surface area contributed by atoms with Crippen molar-refractivity contribution in [3.05, 3.63) is 58.6 Å². The second-order valence-electron chi connectivity index (χ2n) is 12.9. The number of fused-ring (bicyclic) bond motifs is 2. The number of carbonyl (C=O) groups excluding carboxylic acids is 4. The maximum Gasteiger partial charge on any atom is 0.313 e. The Balaban J connectivity index is 1.45. The van der Waals surface area contributed by atoms with Gasteiger partial charge in [-0.3, -0.25) is 19.2 Å². The quantitative estimate of drug-likeness (QED) is 0.361. The third kappa shape index (κ3) is 5.99. The van der Waals surface area contributed by atoms with Crippen molar-refractivity contribution in [2.75, 3.05) is 19.7 Å². The number of allylic oxidation sites excluding steroid dienone is 1. The molecule has 5 aliphatic rings. The smallest absolute Gasteiger partial charge is 0.313 e. The summed E-state index contributed by atoms with van der Waals surface area (Å²) in [6, 6.07) is 7.74. The number of amides is 3. The number of nitrogens with one attached hydrogen (secondary N) is 1. The van der Waals surface area contributed by atoms with Crippen LogP contribution in [0.4, 0.5) is 0 Å². The average molecular weight is 685 g/mol. The van der Waals surface area contributed by atoms with Gasteiger partial charge in [0.05, 0.1) is 25.1 Å². The number of ether oxygens (including phenoxy) is 2. The molecule has 2 saturated heterocycles. The fourth-order valence-corrected chi connectivity index (χ4v) is 8.63. The highest BCUT2D eigenvalue weighted by atomic mass is 79.9. The molecule has 1 aromatic rings. The minimum atomic E-state index is -1.41. The van der Waals surface area contributed by atoms with Crippen molar-refractivity contribution in [2.24, 2.45) is 11.8 Å². The van der Waals surface area contributed by atoms with Gasteiger partial charge in [-0.15, -0.1) is 0 Å². The van der Waals surface area contributed by atoms with Crippen LogP contribution in [0.15, 0.2) is 53.0 Å². The zero-order chi connectivity index (χ0) is 31.7. The van der Waals surface area contributed by atoms with Gasteiger partial charge in [-0.05, 0) is 44.2 Å². The van der Waals surface area contributed by atoms with Crippen LogP contribution < -0.4 is 5.32 Å². The van der Waals surface area contributed by atoms with Crippen LogP contribution in [0, 0.1) is 11.8 Å². The van der Waals surface area contributed by atoms with Gasteiger partial charge >= 0.3 is 5.97 Å². The summed E-state index contributed by atoms with van der Waals surface area (Å²) in [5, 5.41) is 13.6. The predicted molar refractivity (Wildman–Crippen MR) is 169 cm³/mol. The molecule has 11 heteroatoms. The van der Waals surface area contributed by atoms with Crippen LogP contribution in [0.3, 0.4) is 0 Å². The Bertz CT molecular complexity index is 1360. The number of rotatable bonds is 5. The maximum absolute atomic E-state index is 15.1. The molecule has 242 valence electrons. The van der Waals surface area contributed by atoms with Crippen LogP contribution in [0.2, 0.25) is 0 Å². The lowest BCUT2D eigenvalue weighted by Gasteiger charge is -2.42. The van der Waals surface area contributed by atoms with Crippen molar-refractivity contribution in [1.29, 1.82) is 0 Å². The van der Waals surface area contributed by atoms with Crippen LogP contribution in [-0.4, -0.2) is 94.2 Å². The number of hydrogen-bond acceptors (Lipinski definition) is 7. The zero-order valence-corrected chi connectivity index (χ0v) is 27.2. The molecule has 0 radical (unpaired) electrons. The third-order valence-electron chi connectivity index (χ3n) is 10.00. The first kappa shape index (κ1) is 31.9. The fraction of sp³-hybridized carbons (Fsp3) is 0.588. The number of halogens is 1. The minimum Gasteiger partial charge on any atom is -0.460 e. The summed E-state index contributed by atoms with van der Waals surface area (Å²) in [6.45, 7) is 1.79. The van der Waals surface area contributed by atoms with Gasteiger partial charge in [0.25, 0.3) is 0 Å². The van der Waals surface area contributed by atoms with E-state index in [0.29, 0.717) is 23.9 Å². The van der Waals surface area contributed by atoms with Crippen LogP contribution in [0.1, 0.15) is 57.4 Å². The molecular weight excluding hydrogens is 642 g/mol. The van der Waals surface area contributed by atoms with E-state index in [1.54, 1.807) is 13.0 Å². The number of hydrogen-bond donors (Lipinski definition) is 2. The summed E-state index contributed by atoms with van der Waals surface area (Å²) in [6.07, 6.45) is 10.1. The summed E-state index contributed by atoms with van der Waals surface area (Å²) in [4.78, 5) is 59.4. The number of esters is 1. The first-order valence-corrected chi connectivity index (χ1v) is 17.0. The summed E-state index contributed by atoms with van der Waals surface area (Å²) < 4.78 is 13.0. The van der Waals surface area contributed by atoms with Gasteiger partial charge in [0, 0.05) is 23.5 Å². The Kier molecular flexibility index (Phi) is 9.49. The topological polar surface area (TPSA) is 125 Å². The minimum absolute atomic E-state index is 0.0250. The van der Waals surface area contributed by atoms with E-state index in [1.165, 1.54) is 4.90 Å². The Morgan fingerprint density at radius 2 is 1.82 bits per heavy atom. The molecule has 7 atom stereocenters. The lowest BCUT2D eigenvalue weighted by atomic mass is 9.74. The number of cyclic esters (lactones) is 1. The van der Waals surface area contributed by atoms with E-state index in [0.717, 1.165) is 37.7 Å². The standard InChI is InChI=1S/C34H42BrN3O7/c1-21-19-36-26(40)15-9-4-10-16-37(23-13-7-3-8-14-23)32(42)30-34-18-25(35)29(45-34)27(33(43)44-21)28(34)31(41)38(30)24(20-39)17-22-11-5-2-6-12-22/h2,4-6,10-12,18,21,23-24,27-30,39H,3,7-9,13-17,19-20H2,1H3,(H,36,40)/b10-4-/t21-,24-,27+,28-,29+,30+,34-/m1/s1. The molecule has 3 fully saturated rings. The molecule has 4 heterocycles. The number of aliphatic hydroxyl groups excluding tert-OH is 1. The molecule has 3 amide bonds. The lowest BCUT2D eigenvalue weighted by Crippen LogP contribution is -2.60. The molecule has 5 bridgehead atoms. The molecule has 1 aromatic carbocycles. The van der Waals surface area contributed by atoms with E-state index in [2.05, 4.69) is 21.2 Å². The second kappa shape index (κ2) is 13.4. The van der Waals surface area contributed by atoms with Gasteiger partial charge in [-0.2, -0.15) is 0 Å². The molecule has 6 rings (SSSR count). The van der Waals surface area contributed by atoms with Crippen molar-refractivity contribution in [3.8, 4) is 0 Å². The Hall–Kier alpha value is -3.02. The fourth-order valence-electron chi connectivity index (χ4n) is 7.89. The van der Waals surface area contributed by atoms with Crippen molar-refractivity contribution < 1.29 is 33.8 Å². The van der Waals surface area contributed by atoms with E-state index < -0.39 is 53.6 Å². The molecule has 1 aliphatic carbocycles. The summed E-state index contributed by atoms with van der Waals surface area (Å²) in [5.41, 5.74) is -0.492. The summed E-state index contributed by atoms with van der Waals surface area (Å²) in [7, 11) is 0. The third-order valence-corrected chi connectivity index (χ3v) is 10.7. The van der Waals surface area contributed by atoms with E-state index in [9.17, 15) is 19.5 Å². The molecule has 0 aromatic heterocycles. The normalized spacial score (nSPS) is 34.3. The first-order valence-electron chi connectivity index (χ1n) is 16.2. The van der Waals surface area contributed by atoms with Crippen molar-refractivity contribution in [1.82, 2.24) is 15.1 Å². The monoisotopic (exact) mass is 683 g/mol. The van der Waals surface area contributed by atoms with Crippen molar-refractivity contribution >= 4 is 39.6 Å². The number of nitrogens with zero attached hydrogens (tertiary/aromatic N) is 2. The number of likely N-dealkylation sites (tertiary alicyclic amines) is 1. The average Bonchev–Trinajstić information content (AvgIpc) is 3.64. The Labute approximate surface area is 272 Å². The molecule has 1 spiro atoms. The SMILES string of the molecule is C[C@@H]1CNC(=O)CC/C=C\CN(C2CCCCC2)C(=O)[C@@H]2N([C@@H](CO)Cc3ccccc3)C(=O)[C@H]3[C@H](C(=O)O1)[C@H]1O[C@@]23C=C1Br. The van der Waals surface area contributed by atoms with E-state index >= 15 is 4.79 Å². The highest BCUT2D eigenvalue weighted by Gasteiger charge is 2.75. The Morgan fingerprint density at radius 1 is 1.07 bits per heavy atom. The molecule has 45 heavy (non-hydrogen) atoms. The lowest BCUT2D eigenvalue weighted by molar-refractivity contribution is -0.159. The van der Waals surface area contributed by atoms with Gasteiger partial charge in [-0.1, -0.05) is 77.7 Å². The Morgan fingerprint density at radius 3 is 2.56 bits per heavy atom. The van der Waals surface area contributed by atoms with E-state index in [1.807, 2.05) is 47.4 Å². The van der Waals surface area contributed by atoms with Gasteiger partial charge in [0.1, 0.15) is 29.8 Å². The van der Waals surface area contributed by atoms with Crippen LogP contribution in [0.5, 0.6) is 0 Å². The highest BCUT2D eigenvalue weighted by Crippen LogP contribution is 2.59. The summed E-state index contributed by atoms with van der Waals surface area (Å²) in [5.74, 6) is -3.42. The van der Waals surface area contributed by atoms with Crippen molar-refractivity contribution in [2.45, 2.75) is 94.2 Å². The van der Waals surface area contributed by atoms with Crippen molar-refractivity contribution in [3.63, 3.8) is 0 Å². The molecule has 10 nitrogen and oxygen atoms in total. The van der Waals surface area contributed by atoms with Gasteiger partial charge in [0.2, 0.25) is 17.7 Å². The summed E-state index contributed by atoms with van der Waals surface area (Å²) >= 11 is 3.60. The van der Waals surface area contributed by atoms with E-state index in [-0.39, 0.29) is 37.4 Å². The molecule has 1 saturated carbocycles. The van der Waals surface area contributed by atoms with Crippen LogP contribution in [-0.2, 0) is 35.1 Å². The molecule has 2 N–H and O–H groups in total. The largest absolute Gasteiger partial charge is 0.460 e. The van der Waals surface area contributed by atoms with Crippen LogP contribution >= 0.6 is 15.9 Å². The van der Waals surface area contributed by atoms with Gasteiger partial charge in [-0.25, -0.2) is 0 Å². The predicted octanol–water partition coefficient (Wildman–Crippen LogP) is 3.02. The number of carbonyl (C=O) groups is 4. The molecule has 0 unspecified atom stereocenters. The zero-order valence-electron chi connectivity index (χ0n) is 25.6. The maximum atomic E-state index is 15.1. The molecule has 4 aliphatic heterocycles. The number of benzene rings is 1. The van der Waals surface area contributed by atoms with Crippen LogP contribution in [0.25, 0.3) is 0 Å². The van der Waals surface area contributed by atoms with Gasteiger partial charge < -0.3 is 29.7 Å². The second-order valence-corrected chi connectivity index (χ2v) is 13.9. The molecular formula is C34H42BrN3O7. The van der Waals surface area contributed by atoms with Gasteiger partial charge in [0.15, 0.2) is 0 Å². The van der Waals surface area contributed by atoms with E-state index in [4.69, 9.17) is 9.47 Å². The highest BCUT2D eigenvalue weighted by molar-refractivity contribution is 9.11.